The van der Waals surface area contributed by atoms with Crippen LogP contribution in [-0.4, -0.2) is 14.2 Å². The lowest BCUT2D eigenvalue weighted by Gasteiger charge is -2.41. The van der Waals surface area contributed by atoms with Crippen molar-refractivity contribution >= 4 is 98.5 Å². The summed E-state index contributed by atoms with van der Waals surface area (Å²) in [5.74, 6) is 1.73. The summed E-state index contributed by atoms with van der Waals surface area (Å²) in [7, 11) is 3.43. The van der Waals surface area contributed by atoms with Crippen LogP contribution in [0.25, 0.3) is 41.7 Å². The van der Waals surface area contributed by atoms with Gasteiger partial charge in [-0.3, -0.25) is 0 Å². The van der Waals surface area contributed by atoms with E-state index in [0.29, 0.717) is 0 Å². The molecule has 0 aliphatic carbocycles. The average Bonchev–Trinajstić information content (AvgIpc) is 3.76. The predicted molar refractivity (Wildman–Crippen MR) is 188 cm³/mol. The molecule has 3 heterocycles. The summed E-state index contributed by atoms with van der Waals surface area (Å²) in [5.41, 5.74) is 6.95. The van der Waals surface area contributed by atoms with Crippen molar-refractivity contribution in [1.82, 2.24) is 0 Å². The quantitative estimate of drug-likeness (QED) is 0.199. The van der Waals surface area contributed by atoms with E-state index in [1.165, 1.54) is 42.3 Å². The third kappa shape index (κ3) is 3.75. The molecule has 0 atom stereocenters. The molecule has 44 heavy (non-hydrogen) atoms. The molecule has 0 amide bonds. The molecule has 4 nitrogen and oxygen atoms in total. The number of ether oxygens (including phenoxy) is 2. The molecule has 0 bridgehead atoms. The molecular formula is C38H26N2O2S2. The lowest BCUT2D eigenvalue weighted by atomic mass is 9.99. The molecule has 2 aromatic heterocycles. The molecule has 0 radical (unpaired) electrons. The summed E-state index contributed by atoms with van der Waals surface area (Å²) < 4.78 is 13.5. The number of nitrogens with zero attached hydrogens (tertiary/aromatic N) is 2. The fourth-order valence-electron chi connectivity index (χ4n) is 6.60. The molecular weight excluding hydrogens is 581 g/mol. The zero-order valence-electron chi connectivity index (χ0n) is 24.1. The van der Waals surface area contributed by atoms with E-state index in [2.05, 4.69) is 118 Å². The highest BCUT2D eigenvalue weighted by molar-refractivity contribution is 7.17. The number of fused-ring (bicyclic) bond motifs is 8. The number of thiophene rings is 2. The Bertz CT molecular complexity index is 2240. The molecule has 1 aliphatic rings. The van der Waals surface area contributed by atoms with E-state index in [1.54, 1.807) is 36.9 Å². The molecule has 6 aromatic carbocycles. The summed E-state index contributed by atoms with van der Waals surface area (Å²) in [5, 5.41) is 11.5. The van der Waals surface area contributed by atoms with Crippen molar-refractivity contribution in [1.29, 1.82) is 0 Å². The van der Waals surface area contributed by atoms with Crippen LogP contribution >= 0.6 is 22.7 Å². The van der Waals surface area contributed by atoms with Crippen LogP contribution in [0.1, 0.15) is 0 Å². The minimum absolute atomic E-state index is 0.864. The molecule has 0 spiro atoms. The highest BCUT2D eigenvalue weighted by atomic mass is 32.1. The second-order valence-corrected chi connectivity index (χ2v) is 12.9. The third-order valence-electron chi connectivity index (χ3n) is 8.68. The van der Waals surface area contributed by atoms with Gasteiger partial charge >= 0.3 is 0 Å². The molecule has 0 saturated heterocycles. The van der Waals surface area contributed by atoms with Crippen LogP contribution in [0.5, 0.6) is 11.5 Å². The van der Waals surface area contributed by atoms with E-state index in [1.807, 2.05) is 12.1 Å². The maximum Gasteiger partial charge on any atom is 0.119 e. The Hall–Kier alpha value is -5.04. The number of hydrogen-bond donors (Lipinski definition) is 0. The highest BCUT2D eigenvalue weighted by Gasteiger charge is 2.34. The average molecular weight is 607 g/mol. The summed E-state index contributed by atoms with van der Waals surface area (Å²) in [6.07, 6.45) is 0. The number of methoxy groups -OCH3 is 2. The molecule has 212 valence electrons. The van der Waals surface area contributed by atoms with Crippen molar-refractivity contribution < 1.29 is 9.47 Å². The van der Waals surface area contributed by atoms with Gasteiger partial charge in [-0.1, -0.05) is 24.3 Å². The molecule has 6 heteroatoms. The van der Waals surface area contributed by atoms with Crippen molar-refractivity contribution in [3.8, 4) is 11.5 Å². The normalized spacial score (nSPS) is 12.7. The topological polar surface area (TPSA) is 24.9 Å². The summed E-state index contributed by atoms with van der Waals surface area (Å²) >= 11 is 3.56. The number of anilines is 6. The van der Waals surface area contributed by atoms with Gasteiger partial charge in [0.1, 0.15) is 11.5 Å². The van der Waals surface area contributed by atoms with Crippen LogP contribution in [0.4, 0.5) is 34.1 Å². The molecule has 0 N–H and O–H groups in total. The standard InChI is InChI=1S/C38H26N2O2S2/c1-41-29-9-5-23-19-27(7-3-25(23)21-29)39-33-11-13-36-32(16-18-44-36)38(33)40(34-12-14-35-31(37(34)39)15-17-43-35)28-8-4-26-22-30(42-2)10-6-24(26)20-28/h3-22H,1-2H3. The van der Waals surface area contributed by atoms with E-state index in [9.17, 15) is 0 Å². The van der Waals surface area contributed by atoms with Crippen LogP contribution in [0.2, 0.25) is 0 Å². The maximum absolute atomic E-state index is 5.51. The van der Waals surface area contributed by atoms with Gasteiger partial charge in [0.05, 0.1) is 37.0 Å². The van der Waals surface area contributed by atoms with Crippen LogP contribution in [-0.2, 0) is 0 Å². The van der Waals surface area contributed by atoms with Gasteiger partial charge in [-0.2, -0.15) is 0 Å². The first kappa shape index (κ1) is 25.5. The van der Waals surface area contributed by atoms with Gasteiger partial charge in [-0.15, -0.1) is 22.7 Å². The first-order valence-electron chi connectivity index (χ1n) is 14.5. The van der Waals surface area contributed by atoms with Gasteiger partial charge in [0.2, 0.25) is 0 Å². The smallest absolute Gasteiger partial charge is 0.119 e. The van der Waals surface area contributed by atoms with E-state index >= 15 is 0 Å². The largest absolute Gasteiger partial charge is 0.497 e. The van der Waals surface area contributed by atoms with Gasteiger partial charge in [0, 0.05) is 31.5 Å². The Morgan fingerprint density at radius 2 is 0.886 bits per heavy atom. The lowest BCUT2D eigenvalue weighted by molar-refractivity contribution is 0.415. The molecule has 0 unspecified atom stereocenters. The Morgan fingerprint density at radius 3 is 1.34 bits per heavy atom. The van der Waals surface area contributed by atoms with E-state index in [4.69, 9.17) is 9.47 Å². The highest BCUT2D eigenvalue weighted by Crippen LogP contribution is 2.59. The van der Waals surface area contributed by atoms with Crippen molar-refractivity contribution in [3.05, 3.63) is 120 Å². The van der Waals surface area contributed by atoms with Crippen LogP contribution < -0.4 is 19.3 Å². The summed E-state index contributed by atoms with van der Waals surface area (Å²) in [6.45, 7) is 0. The lowest BCUT2D eigenvalue weighted by Crippen LogP contribution is -2.24. The Labute approximate surface area is 262 Å². The summed E-state index contributed by atoms with van der Waals surface area (Å²) in [4.78, 5) is 4.92. The fourth-order valence-corrected chi connectivity index (χ4v) is 8.18. The molecule has 1 aliphatic heterocycles. The van der Waals surface area contributed by atoms with Crippen molar-refractivity contribution in [2.45, 2.75) is 0 Å². The molecule has 0 saturated carbocycles. The minimum atomic E-state index is 0.864. The Morgan fingerprint density at radius 1 is 0.455 bits per heavy atom. The number of benzene rings is 6. The van der Waals surface area contributed by atoms with Crippen molar-refractivity contribution in [2.24, 2.45) is 0 Å². The van der Waals surface area contributed by atoms with Gasteiger partial charge in [-0.05, 0) is 117 Å². The van der Waals surface area contributed by atoms with Gasteiger partial charge < -0.3 is 19.3 Å². The van der Waals surface area contributed by atoms with Crippen LogP contribution in [0.3, 0.4) is 0 Å². The second kappa shape index (κ2) is 9.74. The number of hydrogen-bond acceptors (Lipinski definition) is 6. The zero-order chi connectivity index (χ0) is 29.4. The first-order valence-corrected chi connectivity index (χ1v) is 16.2. The van der Waals surface area contributed by atoms with E-state index < -0.39 is 0 Å². The minimum Gasteiger partial charge on any atom is -0.497 e. The monoisotopic (exact) mass is 606 g/mol. The van der Waals surface area contributed by atoms with Gasteiger partial charge in [0.25, 0.3) is 0 Å². The zero-order valence-corrected chi connectivity index (χ0v) is 25.7. The van der Waals surface area contributed by atoms with Crippen LogP contribution in [0, 0.1) is 0 Å². The maximum atomic E-state index is 5.51. The fraction of sp³-hybridized carbons (Fsp3) is 0.0526. The second-order valence-electron chi connectivity index (χ2n) is 11.0. The summed E-state index contributed by atoms with van der Waals surface area (Å²) in [6, 6.07) is 39.7. The number of rotatable bonds is 4. The van der Waals surface area contributed by atoms with Gasteiger partial charge in [0.15, 0.2) is 0 Å². The third-order valence-corrected chi connectivity index (χ3v) is 10.4. The Kier molecular flexibility index (Phi) is 5.64. The van der Waals surface area contributed by atoms with Crippen LogP contribution in [0.15, 0.2) is 120 Å². The Balaban J connectivity index is 1.35. The molecule has 0 fully saturated rings. The SMILES string of the molecule is COc1ccc2cc(N3c4ccc5sccc5c4N(c4ccc5cc(OC)ccc5c4)c4ccc5sccc5c43)ccc2c1. The molecule has 9 rings (SSSR count). The van der Waals surface area contributed by atoms with Gasteiger partial charge in [-0.25, -0.2) is 0 Å². The first-order chi connectivity index (χ1) is 21.7. The van der Waals surface area contributed by atoms with E-state index in [-0.39, 0.29) is 0 Å². The van der Waals surface area contributed by atoms with Crippen molar-refractivity contribution in [3.63, 3.8) is 0 Å². The van der Waals surface area contributed by atoms with E-state index in [0.717, 1.165) is 45.0 Å². The molecule has 8 aromatic rings. The van der Waals surface area contributed by atoms with Crippen molar-refractivity contribution in [2.75, 3.05) is 24.0 Å². The predicted octanol–water partition coefficient (Wildman–Crippen LogP) is 11.7.